The van der Waals surface area contributed by atoms with Crippen LogP contribution in [0.3, 0.4) is 0 Å². The molecule has 55 heavy (non-hydrogen) atoms. The van der Waals surface area contributed by atoms with Gasteiger partial charge in [-0.2, -0.15) is 0 Å². The topological polar surface area (TPSA) is 188 Å². The van der Waals surface area contributed by atoms with Gasteiger partial charge in [0.05, 0.1) is 24.0 Å². The minimum Gasteiger partial charge on any atom is -0.497 e. The predicted octanol–water partition coefficient (Wildman–Crippen LogP) is 4.58. The normalized spacial score (nSPS) is 13.5. The first-order valence-electron chi connectivity index (χ1n) is 16.6. The van der Waals surface area contributed by atoms with Crippen LogP contribution in [0, 0.1) is 24.7 Å². The smallest absolute Gasteiger partial charge is 0.329 e. The zero-order valence-electron chi connectivity index (χ0n) is 31.1. The number of aromatic nitrogens is 2. The minimum absolute atomic E-state index is 0.0386. The van der Waals surface area contributed by atoms with E-state index in [2.05, 4.69) is 21.8 Å². The van der Waals surface area contributed by atoms with E-state index >= 15 is 0 Å². The second-order valence-electron chi connectivity index (χ2n) is 13.1. The highest BCUT2D eigenvalue weighted by atomic mass is 32.2. The number of hydrogen-bond acceptors (Lipinski definition) is 12. The fraction of sp³-hybridized carbons (Fsp3) is 0.300. The molecule has 2 heterocycles. The molecule has 15 heteroatoms. The molecule has 2 unspecified atom stereocenters. The number of terminal acetylenes is 2. The van der Waals surface area contributed by atoms with Crippen LogP contribution in [0.15, 0.2) is 107 Å². The van der Waals surface area contributed by atoms with Crippen molar-refractivity contribution in [2.45, 2.75) is 71.3 Å². The number of carbonyl (C=O) groups excluding carboxylic acids is 2. The van der Waals surface area contributed by atoms with Crippen LogP contribution in [0.4, 0.5) is 0 Å². The van der Waals surface area contributed by atoms with Crippen molar-refractivity contribution in [2.24, 2.45) is 0 Å². The molecule has 0 bridgehead atoms. The fourth-order valence-corrected chi connectivity index (χ4v) is 9.17. The number of nitrogens with one attached hydrogen (secondary N) is 1. The van der Waals surface area contributed by atoms with Crippen molar-refractivity contribution < 1.29 is 45.8 Å². The van der Waals surface area contributed by atoms with E-state index < -0.39 is 53.1 Å². The van der Waals surface area contributed by atoms with E-state index in [1.54, 1.807) is 51.2 Å². The average Bonchev–Trinajstić information content (AvgIpc) is 3.17. The summed E-state index contributed by atoms with van der Waals surface area (Å²) in [6.07, 6.45) is 15.8. The molecule has 290 valence electrons. The van der Waals surface area contributed by atoms with Crippen molar-refractivity contribution in [3.8, 4) is 36.2 Å². The summed E-state index contributed by atoms with van der Waals surface area (Å²) in [7, 11) is -5.54. The first-order valence-corrected chi connectivity index (χ1v) is 19.5. The van der Waals surface area contributed by atoms with Gasteiger partial charge < -0.3 is 14.2 Å². The molecule has 0 saturated carbocycles. The minimum atomic E-state index is -4.26. The molecule has 0 aliphatic rings. The first-order chi connectivity index (χ1) is 26.0. The van der Waals surface area contributed by atoms with E-state index in [4.69, 9.17) is 27.1 Å². The van der Waals surface area contributed by atoms with Crippen molar-refractivity contribution in [1.82, 2.24) is 15.4 Å². The summed E-state index contributed by atoms with van der Waals surface area (Å²) in [6.45, 7) is 5.03. The Hall–Kier alpha value is -5.74. The van der Waals surface area contributed by atoms with Gasteiger partial charge in [-0.05, 0) is 92.6 Å². The molecule has 13 nitrogen and oxygen atoms in total. The Morgan fingerprint density at radius 3 is 1.45 bits per heavy atom. The summed E-state index contributed by atoms with van der Waals surface area (Å²) in [5, 5.41) is 9.20. The third-order valence-corrected chi connectivity index (χ3v) is 13.0. The number of sulfone groups is 2. The van der Waals surface area contributed by atoms with Gasteiger partial charge in [0, 0.05) is 50.5 Å². The van der Waals surface area contributed by atoms with Gasteiger partial charge in [0.15, 0.2) is 29.2 Å². The lowest BCUT2D eigenvalue weighted by Crippen LogP contribution is -2.53. The van der Waals surface area contributed by atoms with E-state index in [0.29, 0.717) is 22.6 Å². The largest absolute Gasteiger partial charge is 0.497 e. The summed E-state index contributed by atoms with van der Waals surface area (Å²) in [5.74, 6) is 3.59. The molecule has 0 fully saturated rings. The molecule has 2 aromatic carbocycles. The van der Waals surface area contributed by atoms with Gasteiger partial charge in [-0.25, -0.2) is 22.3 Å². The molecule has 0 radical (unpaired) electrons. The van der Waals surface area contributed by atoms with E-state index in [1.807, 2.05) is 0 Å². The SMILES string of the molecule is C#CCC(Cc1cccnc1)(C(=O)NO)S(=O)(=O)c1ccc(OC)cc1.C#CCC(Cc1cccnc1)(C(=O)OC(C)(C)C)S(=O)(=O)c1ccc(OC)cc1. The standard InChI is InChI=1S/C22H25NO5S.C18H18N2O5S/c1-6-13-22(20(24)28-21(2,3)4,15-17-8-7-14-23-16-17)29(25,26)19-11-9-18(27-5)10-12-19;1-3-10-18(17(21)20-22,12-14-5-4-11-19-13-14)26(23,24)16-8-6-15(25-2)7-9-16/h1,7-12,14,16H,13,15H2,2-5H3;1,4-9,11,13,22H,10,12H2,2H3,(H,20,21). The molecule has 0 saturated heterocycles. The van der Waals surface area contributed by atoms with Gasteiger partial charge >= 0.3 is 5.97 Å². The Bertz CT molecular complexity index is 2210. The number of hydrogen-bond donors (Lipinski definition) is 2. The highest BCUT2D eigenvalue weighted by Crippen LogP contribution is 2.36. The number of hydroxylamine groups is 1. The quantitative estimate of drug-likeness (QED) is 0.0785. The number of nitrogens with zero attached hydrogens (tertiary/aromatic N) is 2. The van der Waals surface area contributed by atoms with Crippen LogP contribution in [0.5, 0.6) is 11.5 Å². The van der Waals surface area contributed by atoms with Crippen molar-refractivity contribution >= 4 is 31.6 Å². The maximum atomic E-state index is 13.7. The Kier molecular flexibility index (Phi) is 14.7. The Balaban J connectivity index is 0.000000297. The van der Waals surface area contributed by atoms with Crippen LogP contribution in [0.2, 0.25) is 0 Å². The van der Waals surface area contributed by atoms with Crippen LogP contribution in [-0.4, -0.2) is 73.2 Å². The van der Waals surface area contributed by atoms with E-state index in [1.165, 1.54) is 86.8 Å². The third kappa shape index (κ3) is 10.1. The number of esters is 1. The second-order valence-corrected chi connectivity index (χ2v) is 17.6. The van der Waals surface area contributed by atoms with E-state index in [9.17, 15) is 31.6 Å². The molecule has 0 aliphatic carbocycles. The van der Waals surface area contributed by atoms with Crippen LogP contribution >= 0.6 is 0 Å². The highest BCUT2D eigenvalue weighted by Gasteiger charge is 2.54. The van der Waals surface area contributed by atoms with Gasteiger partial charge in [0.25, 0.3) is 5.91 Å². The maximum absolute atomic E-state index is 13.7. The molecular formula is C40H43N3O10S2. The summed E-state index contributed by atoms with van der Waals surface area (Å²) in [5.41, 5.74) is 1.61. The lowest BCUT2D eigenvalue weighted by molar-refractivity contribution is -0.158. The number of pyridine rings is 2. The average molecular weight is 790 g/mol. The molecule has 2 N–H and O–H groups in total. The number of benzene rings is 2. The van der Waals surface area contributed by atoms with Crippen molar-refractivity contribution in [3.05, 3.63) is 109 Å². The number of rotatable bonds is 14. The molecule has 2 atom stereocenters. The summed E-state index contributed by atoms with van der Waals surface area (Å²) in [6, 6.07) is 18.0. The summed E-state index contributed by atoms with van der Waals surface area (Å²) < 4.78 is 65.6. The summed E-state index contributed by atoms with van der Waals surface area (Å²) in [4.78, 5) is 33.6. The molecule has 2 aromatic heterocycles. The maximum Gasteiger partial charge on any atom is 0.329 e. The molecule has 0 aliphatic heterocycles. The van der Waals surface area contributed by atoms with Gasteiger partial charge in [-0.3, -0.25) is 24.8 Å². The van der Waals surface area contributed by atoms with Gasteiger partial charge in [-0.15, -0.1) is 24.7 Å². The molecule has 4 rings (SSSR count). The van der Waals surface area contributed by atoms with Crippen LogP contribution in [0.1, 0.15) is 44.7 Å². The Morgan fingerprint density at radius 1 is 0.709 bits per heavy atom. The monoisotopic (exact) mass is 789 g/mol. The van der Waals surface area contributed by atoms with Gasteiger partial charge in [-0.1, -0.05) is 12.1 Å². The number of ether oxygens (including phenoxy) is 3. The van der Waals surface area contributed by atoms with E-state index in [0.717, 1.165) is 0 Å². The van der Waals surface area contributed by atoms with Crippen LogP contribution in [0.25, 0.3) is 0 Å². The Labute approximate surface area is 322 Å². The predicted molar refractivity (Wildman–Crippen MR) is 204 cm³/mol. The molecule has 1 amide bonds. The Morgan fingerprint density at radius 2 is 1.11 bits per heavy atom. The summed E-state index contributed by atoms with van der Waals surface area (Å²) >= 11 is 0. The van der Waals surface area contributed by atoms with Gasteiger partial charge in [0.1, 0.15) is 17.1 Å². The number of amides is 1. The first kappa shape index (κ1) is 43.7. The molecule has 4 aromatic rings. The molecular weight excluding hydrogens is 747 g/mol. The lowest BCUT2D eigenvalue weighted by atomic mass is 9.95. The zero-order valence-corrected chi connectivity index (χ0v) is 32.7. The van der Waals surface area contributed by atoms with Gasteiger partial charge in [0.2, 0.25) is 0 Å². The zero-order chi connectivity index (χ0) is 40.9. The van der Waals surface area contributed by atoms with Crippen molar-refractivity contribution in [3.63, 3.8) is 0 Å². The number of methoxy groups -OCH3 is 2. The molecule has 0 spiro atoms. The fourth-order valence-electron chi connectivity index (χ4n) is 5.47. The third-order valence-electron chi connectivity index (χ3n) is 8.25. The van der Waals surface area contributed by atoms with E-state index in [-0.39, 0.29) is 29.1 Å². The second kappa shape index (κ2) is 18.5. The lowest BCUT2D eigenvalue weighted by Gasteiger charge is -2.33. The van der Waals surface area contributed by atoms with Crippen LogP contribution in [-0.2, 0) is 46.8 Å². The highest BCUT2D eigenvalue weighted by molar-refractivity contribution is 7.94. The van der Waals surface area contributed by atoms with Crippen molar-refractivity contribution in [2.75, 3.05) is 14.2 Å². The van der Waals surface area contributed by atoms with Crippen LogP contribution < -0.4 is 15.0 Å². The van der Waals surface area contributed by atoms with Crippen molar-refractivity contribution in [1.29, 1.82) is 0 Å². The number of carbonyl (C=O) groups is 2.